The fraction of sp³-hybridized carbons (Fsp3) is 0.231. The molecule has 1 aromatic heterocycles. The average molecular weight is 308 g/mol. The van der Waals surface area contributed by atoms with E-state index < -0.39 is 5.97 Å². The molecule has 0 saturated heterocycles. The summed E-state index contributed by atoms with van der Waals surface area (Å²) in [5, 5.41) is 0.643. The summed E-state index contributed by atoms with van der Waals surface area (Å²) in [6.45, 7) is 0.701. The van der Waals surface area contributed by atoms with Crippen LogP contribution in [0, 0.1) is 0 Å². The van der Waals surface area contributed by atoms with Gasteiger partial charge in [-0.3, -0.25) is 4.79 Å². The highest BCUT2D eigenvalue weighted by Gasteiger charge is 2.22. The average Bonchev–Trinajstić information content (AvgIpc) is 2.76. The van der Waals surface area contributed by atoms with Crippen molar-refractivity contribution in [3.63, 3.8) is 0 Å². The molecule has 0 N–H and O–H groups in total. The van der Waals surface area contributed by atoms with Crippen LogP contribution in [-0.4, -0.2) is 17.6 Å². The van der Waals surface area contributed by atoms with E-state index in [0.29, 0.717) is 17.6 Å². The lowest BCUT2D eigenvalue weighted by atomic mass is 10.1. The van der Waals surface area contributed by atoms with Crippen LogP contribution in [0.5, 0.6) is 0 Å². The van der Waals surface area contributed by atoms with Gasteiger partial charge in [0.1, 0.15) is 5.69 Å². The maximum absolute atomic E-state index is 12.1. The molecule has 2 aromatic rings. The van der Waals surface area contributed by atoms with Crippen LogP contribution in [-0.2, 0) is 17.7 Å². The van der Waals surface area contributed by atoms with E-state index in [1.165, 1.54) is 13.2 Å². The van der Waals surface area contributed by atoms with Crippen LogP contribution < -0.4 is 5.43 Å². The first-order chi connectivity index (χ1) is 8.61. The van der Waals surface area contributed by atoms with E-state index in [0.717, 1.165) is 22.0 Å². The molecule has 0 radical (unpaired) electrons. The number of hydrogen-bond acceptors (Lipinski definition) is 3. The summed E-state index contributed by atoms with van der Waals surface area (Å²) in [6.07, 6.45) is 0.823. The van der Waals surface area contributed by atoms with Crippen LogP contribution in [0.4, 0.5) is 0 Å². The molecule has 1 aromatic carbocycles. The predicted molar refractivity (Wildman–Crippen MR) is 71.0 cm³/mol. The number of carbonyl (C=O) groups is 1. The number of halogens is 1. The molecule has 0 atom stereocenters. The van der Waals surface area contributed by atoms with Crippen LogP contribution in [0.25, 0.3) is 10.9 Å². The highest BCUT2D eigenvalue weighted by molar-refractivity contribution is 9.10. The Bertz CT molecular complexity index is 733. The molecule has 0 fully saturated rings. The van der Waals surface area contributed by atoms with Crippen molar-refractivity contribution >= 4 is 32.8 Å². The smallest absolute Gasteiger partial charge is 0.354 e. The van der Waals surface area contributed by atoms with Gasteiger partial charge in [-0.15, -0.1) is 0 Å². The molecule has 5 heteroatoms. The van der Waals surface area contributed by atoms with Crippen LogP contribution in [0.3, 0.4) is 0 Å². The number of nitrogens with zero attached hydrogens (tertiary/aromatic N) is 1. The quantitative estimate of drug-likeness (QED) is 0.758. The number of hydrogen-bond donors (Lipinski definition) is 0. The number of ether oxygens (including phenoxy) is 1. The van der Waals surface area contributed by atoms with Crippen LogP contribution in [0.15, 0.2) is 27.5 Å². The Hall–Kier alpha value is -1.62. The number of carbonyl (C=O) groups excluding carboxylic acids is 1. The number of aromatic nitrogens is 1. The van der Waals surface area contributed by atoms with Gasteiger partial charge in [-0.25, -0.2) is 4.79 Å². The van der Waals surface area contributed by atoms with Crippen molar-refractivity contribution in [1.29, 1.82) is 0 Å². The van der Waals surface area contributed by atoms with Gasteiger partial charge in [0, 0.05) is 22.5 Å². The molecule has 0 saturated carbocycles. The van der Waals surface area contributed by atoms with Crippen LogP contribution in [0.2, 0.25) is 0 Å². The molecule has 1 aliphatic heterocycles. The Morgan fingerprint density at radius 3 is 2.89 bits per heavy atom. The first kappa shape index (κ1) is 11.5. The summed E-state index contributed by atoms with van der Waals surface area (Å²) in [7, 11) is 1.32. The summed E-state index contributed by atoms with van der Waals surface area (Å²) >= 11 is 3.40. The van der Waals surface area contributed by atoms with Gasteiger partial charge in [-0.1, -0.05) is 15.9 Å². The van der Waals surface area contributed by atoms with Gasteiger partial charge in [0.15, 0.2) is 5.43 Å². The minimum atomic E-state index is -0.468. The second kappa shape index (κ2) is 3.95. The standard InChI is InChI=1S/C13H10BrNO3/c1-18-13(17)10-6-11(16)9-5-8(14)4-7-2-3-15(10)12(7)9/h4-6H,2-3H2,1H3. The Labute approximate surface area is 111 Å². The Kier molecular flexibility index (Phi) is 2.52. The van der Waals surface area contributed by atoms with Crippen LogP contribution >= 0.6 is 15.9 Å². The number of esters is 1. The van der Waals surface area contributed by atoms with Gasteiger partial charge < -0.3 is 9.30 Å². The van der Waals surface area contributed by atoms with E-state index in [9.17, 15) is 9.59 Å². The maximum Gasteiger partial charge on any atom is 0.354 e. The molecule has 0 unspecified atom stereocenters. The largest absolute Gasteiger partial charge is 0.464 e. The number of aryl methyl sites for hydroxylation is 2. The highest BCUT2D eigenvalue weighted by atomic mass is 79.9. The summed E-state index contributed by atoms with van der Waals surface area (Å²) in [5.41, 5.74) is 2.12. The van der Waals surface area contributed by atoms with Gasteiger partial charge in [-0.05, 0) is 24.1 Å². The third-order valence-corrected chi connectivity index (χ3v) is 3.70. The number of rotatable bonds is 1. The molecule has 2 heterocycles. The van der Waals surface area contributed by atoms with Gasteiger partial charge >= 0.3 is 5.97 Å². The lowest BCUT2D eigenvalue weighted by molar-refractivity contribution is 0.0588. The van der Waals surface area contributed by atoms with E-state index >= 15 is 0 Å². The molecule has 0 bridgehead atoms. The molecule has 0 aliphatic carbocycles. The van der Waals surface area contributed by atoms with Crippen molar-refractivity contribution in [3.05, 3.63) is 44.2 Å². The van der Waals surface area contributed by atoms with Gasteiger partial charge in [0.2, 0.25) is 0 Å². The fourth-order valence-corrected chi connectivity index (χ4v) is 3.00. The molecule has 0 spiro atoms. The minimum absolute atomic E-state index is 0.147. The lowest BCUT2D eigenvalue weighted by Crippen LogP contribution is -2.17. The monoisotopic (exact) mass is 307 g/mol. The Balaban J connectivity index is 2.46. The van der Waals surface area contributed by atoms with Crippen molar-refractivity contribution in [2.45, 2.75) is 13.0 Å². The molecule has 0 amide bonds. The van der Waals surface area contributed by atoms with Crippen molar-refractivity contribution in [1.82, 2.24) is 4.57 Å². The van der Waals surface area contributed by atoms with Crippen molar-refractivity contribution in [3.8, 4) is 0 Å². The SMILES string of the molecule is COC(=O)c1cc(=O)c2cc(Br)cc3c2n1CC3. The predicted octanol–water partition coefficient (Wildman–Crippen LogP) is 2.11. The second-order valence-electron chi connectivity index (χ2n) is 4.25. The van der Waals surface area contributed by atoms with Crippen molar-refractivity contribution in [2.24, 2.45) is 0 Å². The van der Waals surface area contributed by atoms with Crippen molar-refractivity contribution < 1.29 is 9.53 Å². The Morgan fingerprint density at radius 1 is 1.39 bits per heavy atom. The molecular formula is C13H10BrNO3. The molecule has 92 valence electrons. The third kappa shape index (κ3) is 1.50. The highest BCUT2D eigenvalue weighted by Crippen LogP contribution is 2.28. The third-order valence-electron chi connectivity index (χ3n) is 3.25. The fourth-order valence-electron chi connectivity index (χ4n) is 2.49. The van der Waals surface area contributed by atoms with Crippen LogP contribution in [0.1, 0.15) is 16.1 Å². The topological polar surface area (TPSA) is 48.3 Å². The first-order valence-electron chi connectivity index (χ1n) is 5.56. The van der Waals surface area contributed by atoms with E-state index in [-0.39, 0.29) is 5.43 Å². The van der Waals surface area contributed by atoms with E-state index in [4.69, 9.17) is 4.74 Å². The second-order valence-corrected chi connectivity index (χ2v) is 5.16. The maximum atomic E-state index is 12.1. The summed E-state index contributed by atoms with van der Waals surface area (Å²) < 4.78 is 7.48. The number of benzene rings is 1. The van der Waals surface area contributed by atoms with E-state index in [2.05, 4.69) is 15.9 Å². The summed E-state index contributed by atoms with van der Waals surface area (Å²) in [4.78, 5) is 23.8. The molecule has 3 rings (SSSR count). The zero-order valence-corrected chi connectivity index (χ0v) is 11.3. The van der Waals surface area contributed by atoms with Crippen molar-refractivity contribution in [2.75, 3.05) is 7.11 Å². The molecule has 4 nitrogen and oxygen atoms in total. The minimum Gasteiger partial charge on any atom is -0.464 e. The van der Waals surface area contributed by atoms with E-state index in [1.54, 1.807) is 6.07 Å². The van der Waals surface area contributed by atoms with Gasteiger partial charge in [0.05, 0.1) is 12.6 Å². The lowest BCUT2D eigenvalue weighted by Gasteiger charge is -2.10. The summed E-state index contributed by atoms with van der Waals surface area (Å²) in [5.74, 6) is -0.468. The zero-order chi connectivity index (χ0) is 12.9. The van der Waals surface area contributed by atoms with Gasteiger partial charge in [0.25, 0.3) is 0 Å². The molecule has 1 aliphatic rings. The molecular weight excluding hydrogens is 298 g/mol. The Morgan fingerprint density at radius 2 is 2.17 bits per heavy atom. The zero-order valence-electron chi connectivity index (χ0n) is 9.70. The number of pyridine rings is 1. The number of methoxy groups -OCH3 is 1. The van der Waals surface area contributed by atoms with E-state index in [1.807, 2.05) is 10.6 Å². The van der Waals surface area contributed by atoms with Gasteiger partial charge in [-0.2, -0.15) is 0 Å². The normalized spacial score (nSPS) is 13.0. The summed E-state index contributed by atoms with van der Waals surface area (Å²) in [6, 6.07) is 5.14. The molecule has 18 heavy (non-hydrogen) atoms. The first-order valence-corrected chi connectivity index (χ1v) is 6.35.